The molecule has 0 spiro atoms. The van der Waals surface area contributed by atoms with Gasteiger partial charge in [0.05, 0.1) is 0 Å². The molecule has 0 heterocycles. The van der Waals surface area contributed by atoms with Gasteiger partial charge in [-0.1, -0.05) is 82.2 Å². The molecule has 0 bridgehead atoms. The van der Waals surface area contributed by atoms with Crippen LogP contribution in [0.4, 0.5) is 5.69 Å². The number of rotatable bonds is 9. The number of hydrogen-bond donors (Lipinski definition) is 1. The van der Waals surface area contributed by atoms with E-state index in [1.807, 2.05) is 12.1 Å². The van der Waals surface area contributed by atoms with Crippen LogP contribution in [0.15, 0.2) is 48.5 Å². The van der Waals surface area contributed by atoms with Gasteiger partial charge in [0.1, 0.15) is 0 Å². The van der Waals surface area contributed by atoms with Gasteiger partial charge in [0, 0.05) is 11.1 Å². The van der Waals surface area contributed by atoms with Gasteiger partial charge >= 0.3 is 0 Å². The van der Waals surface area contributed by atoms with Gasteiger partial charge in [0.2, 0.25) is 0 Å². The first kappa shape index (κ1) is 17.8. The van der Waals surface area contributed by atoms with Crippen LogP contribution in [-0.2, 0) is 6.42 Å². The number of aryl methyl sites for hydroxylation is 1. The summed E-state index contributed by atoms with van der Waals surface area (Å²) >= 11 is 0. The summed E-state index contributed by atoms with van der Waals surface area (Å²) < 4.78 is 0. The Bertz CT molecular complexity index is 819. The van der Waals surface area contributed by atoms with Crippen molar-refractivity contribution < 1.29 is 0 Å². The van der Waals surface area contributed by atoms with E-state index in [4.69, 9.17) is 5.73 Å². The van der Waals surface area contributed by atoms with Crippen LogP contribution in [0.3, 0.4) is 0 Å². The molecule has 0 aromatic heterocycles. The van der Waals surface area contributed by atoms with Crippen LogP contribution >= 0.6 is 0 Å². The molecule has 0 saturated carbocycles. The highest BCUT2D eigenvalue weighted by Gasteiger charge is 2.02. The van der Waals surface area contributed by atoms with Gasteiger partial charge in [-0.25, -0.2) is 0 Å². The average molecular weight is 334 g/mol. The molecule has 0 saturated heterocycles. The number of unbranched alkanes of at least 4 members (excludes halogenated alkanes) is 7. The third-order valence-corrected chi connectivity index (χ3v) is 5.25. The molecule has 25 heavy (non-hydrogen) atoms. The maximum atomic E-state index is 6.14. The van der Waals surface area contributed by atoms with Crippen molar-refractivity contribution >= 4 is 27.2 Å². The third-order valence-electron chi connectivity index (χ3n) is 5.25. The molecular formula is C24H31N. The summed E-state index contributed by atoms with van der Waals surface area (Å²) in [4.78, 5) is 0. The lowest BCUT2D eigenvalue weighted by Gasteiger charge is -2.08. The lowest BCUT2D eigenvalue weighted by Crippen LogP contribution is -1.89. The van der Waals surface area contributed by atoms with Crippen molar-refractivity contribution in [2.24, 2.45) is 0 Å². The zero-order valence-electron chi connectivity index (χ0n) is 15.6. The molecule has 0 aliphatic heterocycles. The van der Waals surface area contributed by atoms with E-state index in [0.717, 1.165) is 5.69 Å². The second kappa shape index (κ2) is 8.89. The minimum Gasteiger partial charge on any atom is -0.398 e. The molecule has 3 aromatic rings. The average Bonchev–Trinajstić information content (AvgIpc) is 2.63. The van der Waals surface area contributed by atoms with Crippen molar-refractivity contribution in [3.8, 4) is 0 Å². The SMILES string of the molecule is CCCCCCCCCCc1ccc2cc3cccc(N)c3cc2c1. The van der Waals surface area contributed by atoms with Gasteiger partial charge in [0.25, 0.3) is 0 Å². The van der Waals surface area contributed by atoms with E-state index in [9.17, 15) is 0 Å². The first-order chi connectivity index (χ1) is 12.3. The zero-order valence-corrected chi connectivity index (χ0v) is 15.6. The van der Waals surface area contributed by atoms with Crippen molar-refractivity contribution in [1.29, 1.82) is 0 Å². The van der Waals surface area contributed by atoms with Crippen molar-refractivity contribution in [3.05, 3.63) is 54.1 Å². The number of hydrogen-bond acceptors (Lipinski definition) is 1. The Hall–Kier alpha value is -2.02. The van der Waals surface area contributed by atoms with E-state index in [-0.39, 0.29) is 0 Å². The molecule has 0 amide bonds. The maximum Gasteiger partial charge on any atom is 0.0393 e. The number of nitrogen functional groups attached to an aromatic ring is 1. The van der Waals surface area contributed by atoms with Gasteiger partial charge in [0.15, 0.2) is 0 Å². The Morgan fingerprint density at radius 2 is 1.44 bits per heavy atom. The summed E-state index contributed by atoms with van der Waals surface area (Å²) in [5, 5.41) is 5.00. The first-order valence-corrected chi connectivity index (χ1v) is 9.99. The molecule has 3 aromatic carbocycles. The molecule has 0 aliphatic carbocycles. The van der Waals surface area contributed by atoms with Gasteiger partial charge < -0.3 is 5.73 Å². The molecule has 0 unspecified atom stereocenters. The minimum atomic E-state index is 0.868. The number of anilines is 1. The summed E-state index contributed by atoms with van der Waals surface area (Å²) in [6.45, 7) is 2.28. The van der Waals surface area contributed by atoms with Crippen molar-refractivity contribution in [1.82, 2.24) is 0 Å². The quantitative estimate of drug-likeness (QED) is 0.249. The highest BCUT2D eigenvalue weighted by Crippen LogP contribution is 2.27. The number of fused-ring (bicyclic) bond motifs is 2. The highest BCUT2D eigenvalue weighted by molar-refractivity contribution is 6.03. The van der Waals surface area contributed by atoms with Crippen LogP contribution in [0.2, 0.25) is 0 Å². The molecule has 1 nitrogen and oxygen atoms in total. The predicted molar refractivity (Wildman–Crippen MR) is 112 cm³/mol. The Morgan fingerprint density at radius 3 is 2.24 bits per heavy atom. The van der Waals surface area contributed by atoms with Gasteiger partial charge in [-0.3, -0.25) is 0 Å². The standard InChI is InChI=1S/C24H31N/c1-2-3-4-5-6-7-8-9-11-19-14-15-20-17-21-12-10-13-24(25)23(21)18-22(20)16-19/h10,12-18H,2-9,11,25H2,1H3. The lowest BCUT2D eigenvalue weighted by atomic mass is 9.98. The van der Waals surface area contributed by atoms with Crippen LogP contribution in [0.1, 0.15) is 63.9 Å². The summed E-state index contributed by atoms with van der Waals surface area (Å²) in [7, 11) is 0. The summed E-state index contributed by atoms with van der Waals surface area (Å²) in [5.74, 6) is 0. The van der Waals surface area contributed by atoms with E-state index in [1.54, 1.807) is 0 Å². The van der Waals surface area contributed by atoms with Crippen molar-refractivity contribution in [2.75, 3.05) is 5.73 Å². The van der Waals surface area contributed by atoms with Crippen LogP contribution in [0, 0.1) is 0 Å². The van der Waals surface area contributed by atoms with Gasteiger partial charge in [-0.2, -0.15) is 0 Å². The Labute approximate surface area is 152 Å². The number of benzene rings is 3. The molecule has 3 rings (SSSR count). The molecule has 0 aliphatic rings. The largest absolute Gasteiger partial charge is 0.398 e. The fraction of sp³-hybridized carbons (Fsp3) is 0.417. The fourth-order valence-electron chi connectivity index (χ4n) is 3.72. The first-order valence-electron chi connectivity index (χ1n) is 9.99. The summed E-state index contributed by atoms with van der Waals surface area (Å²) in [6, 6.07) is 17.6. The maximum absolute atomic E-state index is 6.14. The van der Waals surface area contributed by atoms with Crippen LogP contribution < -0.4 is 5.73 Å². The summed E-state index contributed by atoms with van der Waals surface area (Å²) in [5.41, 5.74) is 8.46. The minimum absolute atomic E-state index is 0.868. The Morgan fingerprint density at radius 1 is 0.680 bits per heavy atom. The smallest absolute Gasteiger partial charge is 0.0393 e. The normalized spacial score (nSPS) is 11.4. The topological polar surface area (TPSA) is 26.0 Å². The second-order valence-electron chi connectivity index (χ2n) is 7.33. The van der Waals surface area contributed by atoms with Gasteiger partial charge in [-0.15, -0.1) is 0 Å². The molecular weight excluding hydrogens is 302 g/mol. The molecule has 132 valence electrons. The van der Waals surface area contributed by atoms with Crippen LogP contribution in [0.5, 0.6) is 0 Å². The molecule has 1 heteroatoms. The van der Waals surface area contributed by atoms with Crippen molar-refractivity contribution in [3.63, 3.8) is 0 Å². The van der Waals surface area contributed by atoms with Crippen LogP contribution in [0.25, 0.3) is 21.5 Å². The monoisotopic (exact) mass is 333 g/mol. The molecule has 0 atom stereocenters. The van der Waals surface area contributed by atoms with Crippen molar-refractivity contribution in [2.45, 2.75) is 64.7 Å². The highest BCUT2D eigenvalue weighted by atomic mass is 14.5. The lowest BCUT2D eigenvalue weighted by molar-refractivity contribution is 0.575. The molecule has 0 radical (unpaired) electrons. The third kappa shape index (κ3) is 4.75. The predicted octanol–water partition coefficient (Wildman–Crippen LogP) is 7.26. The van der Waals surface area contributed by atoms with E-state index in [0.29, 0.717) is 0 Å². The molecule has 2 N–H and O–H groups in total. The fourth-order valence-corrected chi connectivity index (χ4v) is 3.72. The van der Waals surface area contributed by atoms with E-state index in [2.05, 4.69) is 43.3 Å². The van der Waals surface area contributed by atoms with E-state index in [1.165, 1.54) is 84.9 Å². The molecule has 0 fully saturated rings. The van der Waals surface area contributed by atoms with Gasteiger partial charge in [-0.05, 0) is 52.8 Å². The Balaban J connectivity index is 1.57. The van der Waals surface area contributed by atoms with E-state index < -0.39 is 0 Å². The van der Waals surface area contributed by atoms with E-state index >= 15 is 0 Å². The summed E-state index contributed by atoms with van der Waals surface area (Å²) in [6.07, 6.45) is 12.2. The second-order valence-corrected chi connectivity index (χ2v) is 7.33. The zero-order chi connectivity index (χ0) is 17.5. The Kier molecular flexibility index (Phi) is 6.33. The number of nitrogens with two attached hydrogens (primary N) is 1. The van der Waals surface area contributed by atoms with Crippen LogP contribution in [-0.4, -0.2) is 0 Å².